The molecule has 1 aromatic carbocycles. The third-order valence-electron chi connectivity index (χ3n) is 6.96. The Labute approximate surface area is 208 Å². The van der Waals surface area contributed by atoms with Gasteiger partial charge in [0.25, 0.3) is 5.56 Å². The van der Waals surface area contributed by atoms with Gasteiger partial charge >= 0.3 is 5.69 Å². The molecule has 190 valence electrons. The lowest BCUT2D eigenvalue weighted by atomic mass is 10.2. The Balaban J connectivity index is 1.22. The lowest BCUT2D eigenvalue weighted by Gasteiger charge is -2.34. The van der Waals surface area contributed by atoms with Crippen LogP contribution in [-0.2, 0) is 31.4 Å². The molecule has 35 heavy (non-hydrogen) atoms. The van der Waals surface area contributed by atoms with Crippen LogP contribution in [0.2, 0.25) is 0 Å². The van der Waals surface area contributed by atoms with E-state index in [0.717, 1.165) is 68.1 Å². The zero-order valence-corrected chi connectivity index (χ0v) is 22.0. The molecule has 3 heterocycles. The third-order valence-corrected chi connectivity index (χ3v) is 8.72. The van der Waals surface area contributed by atoms with Gasteiger partial charge in [-0.05, 0) is 50.9 Å². The van der Waals surface area contributed by atoms with Crippen LogP contribution in [0, 0.1) is 13.8 Å². The molecule has 1 saturated heterocycles. The monoisotopic (exact) mass is 500 g/mol. The molecule has 1 aliphatic rings. The Bertz CT molecular complexity index is 1310. The SMILES string of the molecule is Cc1cccc(C)c1S(=O)CCCN1CCN(CCCn2c(=O)c3c(ncn3C)n(C)c2=O)CC1. The second-order valence-electron chi connectivity index (χ2n) is 9.49. The Hall–Kier alpha value is -2.56. The molecule has 1 aliphatic heterocycles. The summed E-state index contributed by atoms with van der Waals surface area (Å²) in [5, 5.41) is 0. The maximum Gasteiger partial charge on any atom is 0.332 e. The van der Waals surface area contributed by atoms with Crippen molar-refractivity contribution in [3.05, 3.63) is 56.5 Å². The minimum atomic E-state index is -0.952. The molecule has 0 bridgehead atoms. The lowest BCUT2D eigenvalue weighted by molar-refractivity contribution is 0.130. The van der Waals surface area contributed by atoms with E-state index in [1.807, 2.05) is 32.0 Å². The predicted octanol–water partition coefficient (Wildman–Crippen LogP) is 1.26. The maximum absolute atomic E-state index is 12.8. The first-order valence-corrected chi connectivity index (χ1v) is 13.6. The number of hydrogen-bond acceptors (Lipinski definition) is 6. The number of benzene rings is 1. The molecule has 0 spiro atoms. The van der Waals surface area contributed by atoms with Gasteiger partial charge in [-0.2, -0.15) is 0 Å². The van der Waals surface area contributed by atoms with Gasteiger partial charge in [-0.1, -0.05) is 18.2 Å². The van der Waals surface area contributed by atoms with E-state index >= 15 is 0 Å². The second kappa shape index (κ2) is 11.0. The molecule has 1 fully saturated rings. The standard InChI is InChI=1S/C25H36N6O3S/c1-19-8-5-9-20(2)22(19)35(34)17-7-11-30-15-13-29(14-16-30)10-6-12-31-24(32)21-23(26-18-27(21)3)28(4)25(31)33/h5,8-9,18H,6-7,10-17H2,1-4H3. The summed E-state index contributed by atoms with van der Waals surface area (Å²) < 4.78 is 17.2. The van der Waals surface area contributed by atoms with Crippen LogP contribution < -0.4 is 11.2 Å². The van der Waals surface area contributed by atoms with Gasteiger partial charge in [-0.3, -0.25) is 18.1 Å². The van der Waals surface area contributed by atoms with Crippen molar-refractivity contribution in [1.29, 1.82) is 0 Å². The summed E-state index contributed by atoms with van der Waals surface area (Å²) in [4.78, 5) is 35.5. The van der Waals surface area contributed by atoms with E-state index in [2.05, 4.69) is 14.8 Å². The fourth-order valence-electron chi connectivity index (χ4n) is 4.96. The van der Waals surface area contributed by atoms with Gasteiger partial charge in [0.2, 0.25) is 0 Å². The fourth-order valence-corrected chi connectivity index (χ4v) is 6.41. The third kappa shape index (κ3) is 5.49. The van der Waals surface area contributed by atoms with E-state index in [1.54, 1.807) is 25.0 Å². The average Bonchev–Trinajstić information content (AvgIpc) is 3.22. The molecule has 3 aromatic rings. The van der Waals surface area contributed by atoms with Crippen molar-refractivity contribution in [1.82, 2.24) is 28.5 Å². The summed E-state index contributed by atoms with van der Waals surface area (Å²) in [7, 11) is 2.48. The summed E-state index contributed by atoms with van der Waals surface area (Å²) in [6, 6.07) is 6.08. The van der Waals surface area contributed by atoms with Crippen molar-refractivity contribution < 1.29 is 4.21 Å². The first kappa shape index (κ1) is 25.5. The van der Waals surface area contributed by atoms with Crippen LogP contribution >= 0.6 is 0 Å². The van der Waals surface area contributed by atoms with Crippen molar-refractivity contribution in [3.63, 3.8) is 0 Å². The molecule has 0 N–H and O–H groups in total. The van der Waals surface area contributed by atoms with Crippen LogP contribution in [0.5, 0.6) is 0 Å². The van der Waals surface area contributed by atoms with Crippen LogP contribution in [0.4, 0.5) is 0 Å². The van der Waals surface area contributed by atoms with Gasteiger partial charge < -0.3 is 14.4 Å². The molecule has 9 nitrogen and oxygen atoms in total. The van der Waals surface area contributed by atoms with Crippen molar-refractivity contribution in [2.45, 2.75) is 38.1 Å². The maximum atomic E-state index is 12.8. The molecular weight excluding hydrogens is 464 g/mol. The Morgan fingerprint density at radius 2 is 1.51 bits per heavy atom. The molecular formula is C25H36N6O3S. The van der Waals surface area contributed by atoms with E-state index in [-0.39, 0.29) is 11.2 Å². The molecule has 1 atom stereocenters. The summed E-state index contributed by atoms with van der Waals surface area (Å²) in [5.41, 5.74) is 2.51. The number of aryl methyl sites for hydroxylation is 4. The number of imidazole rings is 1. The number of aromatic nitrogens is 4. The first-order valence-electron chi connectivity index (χ1n) is 12.3. The Kier molecular flexibility index (Phi) is 8.03. The lowest BCUT2D eigenvalue weighted by Crippen LogP contribution is -2.47. The normalized spacial score (nSPS) is 16.2. The Morgan fingerprint density at radius 1 is 0.914 bits per heavy atom. The van der Waals surface area contributed by atoms with Crippen LogP contribution in [-0.4, -0.2) is 77.7 Å². The van der Waals surface area contributed by atoms with E-state index in [4.69, 9.17) is 0 Å². The van der Waals surface area contributed by atoms with Crippen molar-refractivity contribution in [2.75, 3.05) is 45.0 Å². The molecule has 10 heteroatoms. The number of rotatable bonds is 9. The zero-order chi connectivity index (χ0) is 25.1. The predicted molar refractivity (Wildman–Crippen MR) is 140 cm³/mol. The number of nitrogens with zero attached hydrogens (tertiary/aromatic N) is 6. The molecule has 1 unspecified atom stereocenters. The van der Waals surface area contributed by atoms with Crippen LogP contribution in [0.1, 0.15) is 24.0 Å². The van der Waals surface area contributed by atoms with Gasteiger partial charge in [0.15, 0.2) is 11.2 Å². The van der Waals surface area contributed by atoms with Crippen LogP contribution in [0.25, 0.3) is 11.2 Å². The summed E-state index contributed by atoms with van der Waals surface area (Å²) in [6.07, 6.45) is 3.23. The van der Waals surface area contributed by atoms with Crippen LogP contribution in [0.15, 0.2) is 39.0 Å². The summed E-state index contributed by atoms with van der Waals surface area (Å²) in [6.45, 7) is 10.2. The highest BCUT2D eigenvalue weighted by Gasteiger charge is 2.19. The van der Waals surface area contributed by atoms with Crippen molar-refractivity contribution in [2.24, 2.45) is 14.1 Å². The van der Waals surface area contributed by atoms with Crippen molar-refractivity contribution in [3.8, 4) is 0 Å². The van der Waals surface area contributed by atoms with E-state index in [1.165, 1.54) is 9.13 Å². The summed E-state index contributed by atoms with van der Waals surface area (Å²) in [5.74, 6) is 0.691. The summed E-state index contributed by atoms with van der Waals surface area (Å²) >= 11 is 0. The minimum absolute atomic E-state index is 0.272. The van der Waals surface area contributed by atoms with E-state index in [0.29, 0.717) is 23.5 Å². The van der Waals surface area contributed by atoms with Crippen LogP contribution in [0.3, 0.4) is 0 Å². The minimum Gasteiger partial charge on any atom is -0.328 e. The number of piperazine rings is 1. The molecule has 0 aliphatic carbocycles. The highest BCUT2D eigenvalue weighted by Crippen LogP contribution is 2.18. The molecule has 4 rings (SSSR count). The van der Waals surface area contributed by atoms with E-state index < -0.39 is 10.8 Å². The molecule has 2 aromatic heterocycles. The second-order valence-corrected chi connectivity index (χ2v) is 11.0. The number of fused-ring (bicyclic) bond motifs is 1. The zero-order valence-electron chi connectivity index (χ0n) is 21.2. The largest absolute Gasteiger partial charge is 0.332 e. The Morgan fingerprint density at radius 3 is 2.14 bits per heavy atom. The average molecular weight is 501 g/mol. The van der Waals surface area contributed by atoms with Crippen molar-refractivity contribution >= 4 is 22.0 Å². The van der Waals surface area contributed by atoms with Gasteiger partial charge in [0.1, 0.15) is 0 Å². The van der Waals surface area contributed by atoms with Gasteiger partial charge in [0, 0.05) is 57.5 Å². The number of hydrogen-bond donors (Lipinski definition) is 0. The van der Waals surface area contributed by atoms with E-state index in [9.17, 15) is 13.8 Å². The quantitative estimate of drug-likeness (QED) is 0.440. The smallest absolute Gasteiger partial charge is 0.328 e. The molecule has 0 saturated carbocycles. The first-order chi connectivity index (χ1) is 16.8. The highest BCUT2D eigenvalue weighted by atomic mass is 32.2. The van der Waals surface area contributed by atoms with Gasteiger partial charge in [-0.25, -0.2) is 9.78 Å². The van der Waals surface area contributed by atoms with Gasteiger partial charge in [0.05, 0.1) is 17.1 Å². The fraction of sp³-hybridized carbons (Fsp3) is 0.560. The van der Waals surface area contributed by atoms with Gasteiger partial charge in [-0.15, -0.1) is 0 Å². The molecule has 0 amide bonds. The highest BCUT2D eigenvalue weighted by molar-refractivity contribution is 7.85. The molecule has 0 radical (unpaired) electrons. The topological polar surface area (TPSA) is 85.4 Å².